The molecule has 108 valence electrons. The first kappa shape index (κ1) is 14.3. The van der Waals surface area contributed by atoms with Crippen molar-refractivity contribution in [1.82, 2.24) is 10.2 Å². The Hall–Kier alpha value is -2.08. The van der Waals surface area contributed by atoms with E-state index in [9.17, 15) is 9.59 Å². The third-order valence-electron chi connectivity index (χ3n) is 3.37. The van der Waals surface area contributed by atoms with Crippen molar-refractivity contribution in [2.24, 2.45) is 0 Å². The first-order valence-electron chi connectivity index (χ1n) is 6.64. The number of hydrogen-bond donors (Lipinski definition) is 3. The Morgan fingerprint density at radius 2 is 2.10 bits per heavy atom. The molecule has 1 aliphatic heterocycles. The van der Waals surface area contributed by atoms with Crippen LogP contribution in [0, 0.1) is 0 Å². The van der Waals surface area contributed by atoms with Gasteiger partial charge in [-0.3, -0.25) is 0 Å². The summed E-state index contributed by atoms with van der Waals surface area (Å²) in [6, 6.07) is 6.10. The van der Waals surface area contributed by atoms with Gasteiger partial charge in [0.15, 0.2) is 0 Å². The Morgan fingerprint density at radius 1 is 1.35 bits per heavy atom. The van der Waals surface area contributed by atoms with E-state index in [-0.39, 0.29) is 17.6 Å². The van der Waals surface area contributed by atoms with Crippen LogP contribution in [-0.2, 0) is 0 Å². The van der Waals surface area contributed by atoms with Crippen LogP contribution in [-0.4, -0.2) is 48.2 Å². The molecule has 6 heteroatoms. The third-order valence-corrected chi connectivity index (χ3v) is 3.37. The highest BCUT2D eigenvalue weighted by Gasteiger charge is 2.19. The zero-order valence-corrected chi connectivity index (χ0v) is 11.4. The summed E-state index contributed by atoms with van der Waals surface area (Å²) < 4.78 is 0. The summed E-state index contributed by atoms with van der Waals surface area (Å²) in [6.45, 7) is 1.86. The molecule has 1 saturated heterocycles. The first-order valence-corrected chi connectivity index (χ1v) is 6.64. The summed E-state index contributed by atoms with van der Waals surface area (Å²) in [5.74, 6) is -1.06. The standard InChI is InChI=1S/C14H19N3O3/c1-17-8-4-5-10(9-17)15-14(20)16-12-7-3-2-6-11(12)13(18)19/h2-3,6-7,10H,4-5,8-9H2,1H3,(H,18,19)(H2,15,16,20). The van der Waals surface area contributed by atoms with E-state index in [0.717, 1.165) is 25.9 Å². The smallest absolute Gasteiger partial charge is 0.337 e. The molecule has 1 atom stereocenters. The van der Waals surface area contributed by atoms with Gasteiger partial charge in [0, 0.05) is 12.6 Å². The molecule has 0 bridgehead atoms. The Bertz CT molecular complexity index is 504. The molecule has 0 spiro atoms. The fraction of sp³-hybridized carbons (Fsp3) is 0.429. The van der Waals surface area contributed by atoms with Crippen LogP contribution >= 0.6 is 0 Å². The number of para-hydroxylation sites is 1. The lowest BCUT2D eigenvalue weighted by Gasteiger charge is -2.30. The van der Waals surface area contributed by atoms with Gasteiger partial charge in [0.1, 0.15) is 0 Å². The highest BCUT2D eigenvalue weighted by atomic mass is 16.4. The normalized spacial score (nSPS) is 19.4. The second kappa shape index (κ2) is 6.38. The molecule has 1 unspecified atom stereocenters. The van der Waals surface area contributed by atoms with Crippen LogP contribution in [0.25, 0.3) is 0 Å². The molecule has 20 heavy (non-hydrogen) atoms. The van der Waals surface area contributed by atoms with Crippen LogP contribution in [0.4, 0.5) is 10.5 Å². The van der Waals surface area contributed by atoms with Crippen molar-refractivity contribution in [3.8, 4) is 0 Å². The maximum absolute atomic E-state index is 11.9. The number of urea groups is 1. The average Bonchev–Trinajstić information content (AvgIpc) is 2.38. The van der Waals surface area contributed by atoms with Crippen molar-refractivity contribution in [2.75, 3.05) is 25.5 Å². The number of benzene rings is 1. The predicted molar refractivity (Wildman–Crippen MR) is 76.1 cm³/mol. The lowest BCUT2D eigenvalue weighted by atomic mass is 10.1. The van der Waals surface area contributed by atoms with E-state index >= 15 is 0 Å². The number of amides is 2. The van der Waals surface area contributed by atoms with Crippen molar-refractivity contribution in [2.45, 2.75) is 18.9 Å². The van der Waals surface area contributed by atoms with E-state index < -0.39 is 5.97 Å². The van der Waals surface area contributed by atoms with E-state index in [1.165, 1.54) is 6.07 Å². The molecule has 0 saturated carbocycles. The molecule has 1 aliphatic rings. The number of nitrogens with one attached hydrogen (secondary N) is 2. The number of likely N-dealkylation sites (tertiary alicyclic amines) is 1. The van der Waals surface area contributed by atoms with Crippen LogP contribution in [0.2, 0.25) is 0 Å². The highest BCUT2D eigenvalue weighted by Crippen LogP contribution is 2.15. The van der Waals surface area contributed by atoms with Crippen LogP contribution in [0.3, 0.4) is 0 Å². The fourth-order valence-corrected chi connectivity index (χ4v) is 2.41. The van der Waals surface area contributed by atoms with Gasteiger partial charge in [0.05, 0.1) is 11.3 Å². The summed E-state index contributed by atoms with van der Waals surface area (Å²) in [4.78, 5) is 25.2. The van der Waals surface area contributed by atoms with Crippen molar-refractivity contribution in [3.63, 3.8) is 0 Å². The Kier molecular flexibility index (Phi) is 4.57. The monoisotopic (exact) mass is 277 g/mol. The number of carbonyl (C=O) groups is 2. The van der Waals surface area contributed by atoms with Crippen molar-refractivity contribution in [3.05, 3.63) is 29.8 Å². The number of carboxylic acid groups (broad SMARTS) is 1. The van der Waals surface area contributed by atoms with Crippen molar-refractivity contribution in [1.29, 1.82) is 0 Å². The molecule has 1 aromatic rings. The van der Waals surface area contributed by atoms with Gasteiger partial charge < -0.3 is 20.6 Å². The lowest BCUT2D eigenvalue weighted by molar-refractivity contribution is 0.0698. The quantitative estimate of drug-likeness (QED) is 0.784. The lowest BCUT2D eigenvalue weighted by Crippen LogP contribution is -2.47. The third kappa shape index (κ3) is 3.71. The second-order valence-corrected chi connectivity index (χ2v) is 5.05. The zero-order valence-electron chi connectivity index (χ0n) is 11.4. The van der Waals surface area contributed by atoms with E-state index in [1.54, 1.807) is 18.2 Å². The SMILES string of the molecule is CN1CCCC(NC(=O)Nc2ccccc2C(=O)O)C1. The number of hydrogen-bond acceptors (Lipinski definition) is 3. The minimum atomic E-state index is -1.06. The van der Waals surface area contributed by atoms with Crippen LogP contribution in [0.1, 0.15) is 23.2 Å². The number of nitrogens with zero attached hydrogens (tertiary/aromatic N) is 1. The molecule has 6 nitrogen and oxygen atoms in total. The van der Waals surface area contributed by atoms with Crippen LogP contribution in [0.15, 0.2) is 24.3 Å². The number of aromatic carboxylic acids is 1. The molecule has 2 rings (SSSR count). The number of carboxylic acids is 1. The predicted octanol–water partition coefficient (Wildman–Crippen LogP) is 1.60. The van der Waals surface area contributed by atoms with Gasteiger partial charge in [0.2, 0.25) is 0 Å². The van der Waals surface area contributed by atoms with E-state index in [0.29, 0.717) is 5.69 Å². The van der Waals surface area contributed by atoms with Crippen LogP contribution < -0.4 is 10.6 Å². The van der Waals surface area contributed by atoms with Gasteiger partial charge in [0.25, 0.3) is 0 Å². The zero-order chi connectivity index (χ0) is 14.5. The molecule has 1 aromatic carbocycles. The number of anilines is 1. The second-order valence-electron chi connectivity index (χ2n) is 5.05. The van der Waals surface area contributed by atoms with Gasteiger partial charge in [-0.2, -0.15) is 0 Å². The molecular formula is C14H19N3O3. The molecule has 2 amide bonds. The molecular weight excluding hydrogens is 258 g/mol. The number of piperidine rings is 1. The van der Waals surface area contributed by atoms with Crippen molar-refractivity contribution >= 4 is 17.7 Å². The minimum absolute atomic E-state index is 0.0865. The topological polar surface area (TPSA) is 81.7 Å². The maximum atomic E-state index is 11.9. The Morgan fingerprint density at radius 3 is 2.80 bits per heavy atom. The number of rotatable bonds is 3. The van der Waals surface area contributed by atoms with Crippen LogP contribution in [0.5, 0.6) is 0 Å². The fourth-order valence-electron chi connectivity index (χ4n) is 2.41. The minimum Gasteiger partial charge on any atom is -0.478 e. The van der Waals surface area contributed by atoms with E-state index in [4.69, 9.17) is 5.11 Å². The highest BCUT2D eigenvalue weighted by molar-refractivity contribution is 6.00. The Labute approximate surface area is 117 Å². The Balaban J connectivity index is 1.96. The number of likely N-dealkylation sites (N-methyl/N-ethyl adjacent to an activating group) is 1. The first-order chi connectivity index (χ1) is 9.56. The molecule has 3 N–H and O–H groups in total. The van der Waals surface area contributed by atoms with Gasteiger partial charge in [-0.1, -0.05) is 12.1 Å². The van der Waals surface area contributed by atoms with Gasteiger partial charge in [-0.15, -0.1) is 0 Å². The maximum Gasteiger partial charge on any atom is 0.337 e. The molecule has 0 radical (unpaired) electrons. The summed E-state index contributed by atoms with van der Waals surface area (Å²) in [6.07, 6.45) is 1.99. The molecule has 0 aliphatic carbocycles. The number of carbonyl (C=O) groups excluding carboxylic acids is 1. The van der Waals surface area contributed by atoms with Crippen molar-refractivity contribution < 1.29 is 14.7 Å². The summed E-state index contributed by atoms with van der Waals surface area (Å²) in [5.41, 5.74) is 0.394. The molecule has 1 fully saturated rings. The van der Waals surface area contributed by atoms with E-state index in [1.807, 2.05) is 7.05 Å². The van der Waals surface area contributed by atoms with Gasteiger partial charge in [-0.25, -0.2) is 9.59 Å². The summed E-state index contributed by atoms with van der Waals surface area (Å²) >= 11 is 0. The van der Waals surface area contributed by atoms with Gasteiger partial charge >= 0.3 is 12.0 Å². The average molecular weight is 277 g/mol. The summed E-state index contributed by atoms with van der Waals surface area (Å²) in [5, 5.41) is 14.5. The summed E-state index contributed by atoms with van der Waals surface area (Å²) in [7, 11) is 2.02. The molecule has 1 heterocycles. The van der Waals surface area contributed by atoms with E-state index in [2.05, 4.69) is 15.5 Å². The molecule has 0 aromatic heterocycles. The van der Waals surface area contributed by atoms with Gasteiger partial charge in [-0.05, 0) is 38.6 Å². The largest absolute Gasteiger partial charge is 0.478 e.